The number of thiocarbonyl (C=S) groups is 1. The van der Waals surface area contributed by atoms with Crippen LogP contribution < -0.4 is 0 Å². The Morgan fingerprint density at radius 1 is 1.03 bits per heavy atom. The molecule has 3 aromatic carbocycles. The number of phenolic OH excluding ortho intramolecular Hbond substituents is 2. The summed E-state index contributed by atoms with van der Waals surface area (Å²) in [4.78, 5) is 3.21. The standard InChI is InChI=1S/C26H26ClNO2S/c1-26(20-7-3-2-4-8-20)22-17-24(30)23(29)16-19(22)14-15-28(26)25(31)9-5-6-18-10-12-21(27)13-11-18/h2-4,7-8,10-13,16-17,29-30H,5-6,9,14-15H2,1H3. The fourth-order valence-corrected chi connectivity index (χ4v) is 5.10. The van der Waals surface area contributed by atoms with Gasteiger partial charge in [0.1, 0.15) is 0 Å². The van der Waals surface area contributed by atoms with Crippen molar-refractivity contribution in [1.82, 2.24) is 4.90 Å². The molecule has 0 bridgehead atoms. The van der Waals surface area contributed by atoms with Crippen LogP contribution in [0.5, 0.6) is 11.5 Å². The first kappa shape index (κ1) is 21.7. The molecule has 5 heteroatoms. The van der Waals surface area contributed by atoms with E-state index in [1.807, 2.05) is 30.3 Å². The van der Waals surface area contributed by atoms with E-state index < -0.39 is 5.54 Å². The van der Waals surface area contributed by atoms with E-state index in [1.54, 1.807) is 12.1 Å². The van der Waals surface area contributed by atoms with Crippen LogP contribution in [-0.4, -0.2) is 26.6 Å². The summed E-state index contributed by atoms with van der Waals surface area (Å²) in [6, 6.07) is 21.6. The zero-order valence-electron chi connectivity index (χ0n) is 17.5. The molecule has 160 valence electrons. The molecule has 0 aliphatic carbocycles. The number of nitrogens with zero attached hydrogens (tertiary/aromatic N) is 1. The van der Waals surface area contributed by atoms with Gasteiger partial charge in [0.15, 0.2) is 11.5 Å². The quantitative estimate of drug-likeness (QED) is 0.357. The van der Waals surface area contributed by atoms with Crippen molar-refractivity contribution in [1.29, 1.82) is 0 Å². The normalized spacial score (nSPS) is 17.9. The van der Waals surface area contributed by atoms with E-state index >= 15 is 0 Å². The predicted octanol–water partition coefficient (Wildman–Crippen LogP) is 6.22. The van der Waals surface area contributed by atoms with E-state index in [0.717, 1.165) is 58.9 Å². The van der Waals surface area contributed by atoms with Gasteiger partial charge in [-0.3, -0.25) is 0 Å². The van der Waals surface area contributed by atoms with Crippen LogP contribution in [0.3, 0.4) is 0 Å². The number of halogens is 1. The molecule has 0 radical (unpaired) electrons. The van der Waals surface area contributed by atoms with E-state index in [-0.39, 0.29) is 11.5 Å². The molecule has 0 amide bonds. The summed E-state index contributed by atoms with van der Waals surface area (Å²) in [6.07, 6.45) is 3.47. The van der Waals surface area contributed by atoms with Crippen LogP contribution in [-0.2, 0) is 18.4 Å². The number of hydrogen-bond donors (Lipinski definition) is 2. The highest BCUT2D eigenvalue weighted by atomic mass is 35.5. The van der Waals surface area contributed by atoms with Gasteiger partial charge in [-0.25, -0.2) is 0 Å². The molecule has 1 unspecified atom stereocenters. The molecule has 0 spiro atoms. The van der Waals surface area contributed by atoms with E-state index in [2.05, 4.69) is 36.1 Å². The smallest absolute Gasteiger partial charge is 0.157 e. The molecule has 0 fully saturated rings. The lowest BCUT2D eigenvalue weighted by atomic mass is 9.76. The third-order valence-electron chi connectivity index (χ3n) is 6.28. The number of benzene rings is 3. The number of rotatable bonds is 5. The molecule has 4 rings (SSSR count). The number of phenols is 2. The van der Waals surface area contributed by atoms with Crippen LogP contribution >= 0.6 is 23.8 Å². The molecule has 3 nitrogen and oxygen atoms in total. The Labute approximate surface area is 193 Å². The molecule has 3 aromatic rings. The van der Waals surface area contributed by atoms with Crippen molar-refractivity contribution >= 4 is 28.8 Å². The van der Waals surface area contributed by atoms with Gasteiger partial charge in [0.05, 0.1) is 10.5 Å². The SMILES string of the molecule is CC1(c2ccccc2)c2cc(O)c(O)cc2CCN1C(=S)CCCc1ccc(Cl)cc1. The van der Waals surface area contributed by atoms with Gasteiger partial charge in [-0.2, -0.15) is 0 Å². The average molecular weight is 452 g/mol. The van der Waals surface area contributed by atoms with Crippen molar-refractivity contribution in [2.45, 2.75) is 38.1 Å². The summed E-state index contributed by atoms with van der Waals surface area (Å²) in [5.41, 5.74) is 3.88. The van der Waals surface area contributed by atoms with Crippen LogP contribution in [0.15, 0.2) is 66.7 Å². The van der Waals surface area contributed by atoms with Gasteiger partial charge in [0.25, 0.3) is 0 Å². The van der Waals surface area contributed by atoms with Gasteiger partial charge in [-0.1, -0.05) is 66.3 Å². The predicted molar refractivity (Wildman–Crippen MR) is 130 cm³/mol. The van der Waals surface area contributed by atoms with Crippen molar-refractivity contribution in [2.75, 3.05) is 6.54 Å². The van der Waals surface area contributed by atoms with Crippen LogP contribution in [0.4, 0.5) is 0 Å². The average Bonchev–Trinajstić information content (AvgIpc) is 2.77. The van der Waals surface area contributed by atoms with Gasteiger partial charge >= 0.3 is 0 Å². The van der Waals surface area contributed by atoms with Gasteiger partial charge in [0.2, 0.25) is 0 Å². The van der Waals surface area contributed by atoms with E-state index in [4.69, 9.17) is 23.8 Å². The zero-order chi connectivity index (χ0) is 22.0. The van der Waals surface area contributed by atoms with E-state index in [9.17, 15) is 10.2 Å². The molecule has 0 saturated heterocycles. The Balaban J connectivity index is 1.62. The molecule has 1 aliphatic rings. The van der Waals surface area contributed by atoms with Gasteiger partial charge in [0, 0.05) is 11.6 Å². The Hall–Kier alpha value is -2.56. The van der Waals surface area contributed by atoms with Gasteiger partial charge in [-0.15, -0.1) is 0 Å². The van der Waals surface area contributed by atoms with Crippen LogP contribution in [0.25, 0.3) is 0 Å². The largest absolute Gasteiger partial charge is 0.504 e. The summed E-state index contributed by atoms with van der Waals surface area (Å²) in [5.74, 6) is -0.176. The Kier molecular flexibility index (Phi) is 6.22. The zero-order valence-corrected chi connectivity index (χ0v) is 19.1. The summed E-state index contributed by atoms with van der Waals surface area (Å²) in [5, 5.41) is 21.0. The summed E-state index contributed by atoms with van der Waals surface area (Å²) in [6.45, 7) is 2.92. The molecule has 1 aliphatic heterocycles. The summed E-state index contributed by atoms with van der Waals surface area (Å²) >= 11 is 11.9. The minimum absolute atomic E-state index is 0.0758. The Bertz CT molecular complexity index is 1080. The maximum absolute atomic E-state index is 10.3. The Morgan fingerprint density at radius 2 is 1.71 bits per heavy atom. The number of aryl methyl sites for hydroxylation is 1. The molecule has 0 aromatic heterocycles. The van der Waals surface area contributed by atoms with Crippen LogP contribution in [0.1, 0.15) is 42.0 Å². The van der Waals surface area contributed by atoms with Crippen molar-refractivity contribution < 1.29 is 10.2 Å². The first-order valence-electron chi connectivity index (χ1n) is 10.6. The minimum atomic E-state index is -0.516. The third kappa shape index (κ3) is 4.28. The fourth-order valence-electron chi connectivity index (χ4n) is 4.56. The molecule has 2 N–H and O–H groups in total. The maximum atomic E-state index is 10.3. The van der Waals surface area contributed by atoms with Crippen LogP contribution in [0, 0.1) is 0 Å². The van der Waals surface area contributed by atoms with Crippen molar-refractivity contribution in [2.24, 2.45) is 0 Å². The van der Waals surface area contributed by atoms with E-state index in [1.165, 1.54) is 5.56 Å². The van der Waals surface area contributed by atoms with Crippen molar-refractivity contribution in [3.05, 3.63) is 94.0 Å². The highest BCUT2D eigenvalue weighted by Crippen LogP contribution is 2.45. The van der Waals surface area contributed by atoms with Crippen LogP contribution in [0.2, 0.25) is 5.02 Å². The molecule has 1 atom stereocenters. The molecular formula is C26H26ClNO2S. The Morgan fingerprint density at radius 3 is 2.42 bits per heavy atom. The lowest BCUT2D eigenvalue weighted by Gasteiger charge is -2.48. The lowest BCUT2D eigenvalue weighted by Crippen LogP contribution is -2.51. The molecular weight excluding hydrogens is 426 g/mol. The topological polar surface area (TPSA) is 43.7 Å². The second-order valence-corrected chi connectivity index (χ2v) is 9.12. The van der Waals surface area contributed by atoms with E-state index in [0.29, 0.717) is 0 Å². The van der Waals surface area contributed by atoms with Gasteiger partial charge in [-0.05, 0) is 79.1 Å². The number of aromatic hydroxyl groups is 2. The van der Waals surface area contributed by atoms with Gasteiger partial charge < -0.3 is 15.1 Å². The first-order chi connectivity index (χ1) is 14.9. The molecule has 31 heavy (non-hydrogen) atoms. The molecule has 0 saturated carbocycles. The minimum Gasteiger partial charge on any atom is -0.504 e. The number of hydrogen-bond acceptors (Lipinski definition) is 3. The second kappa shape index (κ2) is 8.89. The summed E-state index contributed by atoms with van der Waals surface area (Å²) in [7, 11) is 0. The van der Waals surface area contributed by atoms with Crippen molar-refractivity contribution in [3.63, 3.8) is 0 Å². The monoisotopic (exact) mass is 451 g/mol. The third-order valence-corrected chi connectivity index (χ3v) is 6.95. The lowest BCUT2D eigenvalue weighted by molar-refractivity contribution is 0.224. The number of fused-ring (bicyclic) bond motifs is 1. The second-order valence-electron chi connectivity index (χ2n) is 8.21. The highest BCUT2D eigenvalue weighted by molar-refractivity contribution is 7.80. The van der Waals surface area contributed by atoms with Crippen molar-refractivity contribution in [3.8, 4) is 11.5 Å². The highest BCUT2D eigenvalue weighted by Gasteiger charge is 2.41. The fraction of sp³-hybridized carbons (Fsp3) is 0.269. The molecule has 1 heterocycles. The maximum Gasteiger partial charge on any atom is 0.157 e. The first-order valence-corrected chi connectivity index (χ1v) is 11.3. The summed E-state index contributed by atoms with van der Waals surface area (Å²) < 4.78 is 0.